The van der Waals surface area contributed by atoms with Gasteiger partial charge in [0.05, 0.1) is 18.8 Å². The molecular formula is C16H23F2NO. The number of hydrogen-bond donors (Lipinski definition) is 1. The van der Waals surface area contributed by atoms with E-state index in [-0.39, 0.29) is 18.3 Å². The van der Waals surface area contributed by atoms with Crippen molar-refractivity contribution in [3.05, 3.63) is 35.4 Å². The molecule has 1 aliphatic carbocycles. The number of nitrogens with two attached hydrogens (primary N) is 1. The topological polar surface area (TPSA) is 35.2 Å². The maximum Gasteiger partial charge on any atom is 0.128 e. The summed E-state index contributed by atoms with van der Waals surface area (Å²) in [5.41, 5.74) is 6.10. The van der Waals surface area contributed by atoms with Crippen LogP contribution in [0.25, 0.3) is 0 Å². The zero-order chi connectivity index (χ0) is 14.7. The number of halogens is 2. The second kappa shape index (κ2) is 6.64. The molecule has 1 saturated carbocycles. The molecule has 1 aromatic rings. The predicted molar refractivity (Wildman–Crippen MR) is 75.2 cm³/mol. The summed E-state index contributed by atoms with van der Waals surface area (Å²) >= 11 is 0. The molecule has 0 bridgehead atoms. The zero-order valence-corrected chi connectivity index (χ0v) is 12.1. The van der Waals surface area contributed by atoms with Gasteiger partial charge in [0.15, 0.2) is 0 Å². The molecule has 0 saturated heterocycles. The first kappa shape index (κ1) is 15.4. The van der Waals surface area contributed by atoms with Crippen LogP contribution in [0, 0.1) is 23.5 Å². The summed E-state index contributed by atoms with van der Waals surface area (Å²) in [5, 5.41) is 0. The van der Waals surface area contributed by atoms with Crippen LogP contribution in [0.2, 0.25) is 0 Å². The molecule has 0 spiro atoms. The van der Waals surface area contributed by atoms with Gasteiger partial charge in [-0.1, -0.05) is 13.8 Å². The van der Waals surface area contributed by atoms with E-state index in [2.05, 4.69) is 13.8 Å². The Labute approximate surface area is 119 Å². The maximum atomic E-state index is 13.6. The number of rotatable bonds is 4. The predicted octanol–water partition coefficient (Wildman–Crippen LogP) is 3.81. The van der Waals surface area contributed by atoms with Crippen molar-refractivity contribution in [3.63, 3.8) is 0 Å². The van der Waals surface area contributed by atoms with Gasteiger partial charge in [-0.2, -0.15) is 0 Å². The summed E-state index contributed by atoms with van der Waals surface area (Å²) in [7, 11) is 0. The Balaban J connectivity index is 1.91. The average Bonchev–Trinajstić information content (AvgIpc) is 2.38. The molecule has 3 unspecified atom stereocenters. The van der Waals surface area contributed by atoms with E-state index in [0.29, 0.717) is 11.8 Å². The first-order valence-corrected chi connectivity index (χ1v) is 7.27. The monoisotopic (exact) mass is 283 g/mol. The van der Waals surface area contributed by atoms with Crippen molar-refractivity contribution in [2.75, 3.05) is 6.61 Å². The third-order valence-electron chi connectivity index (χ3n) is 4.00. The Morgan fingerprint density at radius 3 is 2.50 bits per heavy atom. The molecule has 0 radical (unpaired) electrons. The standard InChI is InChI=1S/C16H23F2NO/c1-10-5-11(2)7-13(6-10)20-9-16(19)14-8-12(17)3-4-15(14)18/h3-4,8,10-11,13,16H,5-7,9,19H2,1-2H3. The van der Waals surface area contributed by atoms with E-state index >= 15 is 0 Å². The Morgan fingerprint density at radius 2 is 1.85 bits per heavy atom. The molecule has 3 atom stereocenters. The van der Waals surface area contributed by atoms with E-state index in [1.165, 1.54) is 6.42 Å². The smallest absolute Gasteiger partial charge is 0.128 e. The van der Waals surface area contributed by atoms with Crippen LogP contribution in [-0.2, 0) is 4.74 Å². The zero-order valence-electron chi connectivity index (χ0n) is 12.1. The molecule has 2 N–H and O–H groups in total. The number of benzene rings is 1. The molecule has 1 aromatic carbocycles. The van der Waals surface area contributed by atoms with Crippen molar-refractivity contribution >= 4 is 0 Å². The van der Waals surface area contributed by atoms with Gasteiger partial charge in [0.25, 0.3) is 0 Å². The summed E-state index contributed by atoms with van der Waals surface area (Å²) in [6.07, 6.45) is 3.44. The maximum absolute atomic E-state index is 13.6. The third-order valence-corrected chi connectivity index (χ3v) is 4.00. The van der Waals surface area contributed by atoms with Crippen molar-refractivity contribution in [2.45, 2.75) is 45.3 Å². The van der Waals surface area contributed by atoms with E-state index in [1.807, 2.05) is 0 Å². The summed E-state index contributed by atoms with van der Waals surface area (Å²) in [4.78, 5) is 0. The van der Waals surface area contributed by atoms with Crippen molar-refractivity contribution in [1.82, 2.24) is 0 Å². The van der Waals surface area contributed by atoms with Gasteiger partial charge in [-0.25, -0.2) is 8.78 Å². The Morgan fingerprint density at radius 1 is 1.20 bits per heavy atom. The SMILES string of the molecule is CC1CC(C)CC(OCC(N)c2cc(F)ccc2F)C1. The first-order valence-electron chi connectivity index (χ1n) is 7.27. The van der Waals surface area contributed by atoms with Gasteiger partial charge in [-0.05, 0) is 49.3 Å². The highest BCUT2D eigenvalue weighted by Gasteiger charge is 2.25. The van der Waals surface area contributed by atoms with Gasteiger partial charge in [-0.3, -0.25) is 0 Å². The minimum atomic E-state index is -0.627. The van der Waals surface area contributed by atoms with Crippen LogP contribution >= 0.6 is 0 Å². The van der Waals surface area contributed by atoms with Gasteiger partial charge >= 0.3 is 0 Å². The van der Waals surface area contributed by atoms with E-state index < -0.39 is 17.7 Å². The van der Waals surface area contributed by atoms with Crippen LogP contribution in [0.15, 0.2) is 18.2 Å². The molecule has 1 aliphatic rings. The van der Waals surface area contributed by atoms with Gasteiger partial charge in [0.1, 0.15) is 11.6 Å². The van der Waals surface area contributed by atoms with Crippen LogP contribution < -0.4 is 5.73 Å². The molecule has 2 nitrogen and oxygen atoms in total. The van der Waals surface area contributed by atoms with Crippen molar-refractivity contribution in [1.29, 1.82) is 0 Å². The molecule has 2 rings (SSSR count). The van der Waals surface area contributed by atoms with Crippen molar-refractivity contribution in [3.8, 4) is 0 Å². The van der Waals surface area contributed by atoms with E-state index in [1.54, 1.807) is 0 Å². The van der Waals surface area contributed by atoms with Gasteiger partial charge < -0.3 is 10.5 Å². The summed E-state index contributed by atoms with van der Waals surface area (Å²) in [6.45, 7) is 4.67. The minimum absolute atomic E-state index is 0.177. The fourth-order valence-corrected chi connectivity index (χ4v) is 3.14. The van der Waals surface area contributed by atoms with Crippen molar-refractivity contribution < 1.29 is 13.5 Å². The molecular weight excluding hydrogens is 260 g/mol. The third kappa shape index (κ3) is 4.00. The lowest BCUT2D eigenvalue weighted by atomic mass is 9.82. The van der Waals surface area contributed by atoms with Crippen LogP contribution in [-0.4, -0.2) is 12.7 Å². The second-order valence-electron chi connectivity index (χ2n) is 6.15. The highest BCUT2D eigenvalue weighted by Crippen LogP contribution is 2.31. The molecule has 4 heteroatoms. The Hall–Kier alpha value is -1.00. The van der Waals surface area contributed by atoms with Crippen LogP contribution in [0.4, 0.5) is 8.78 Å². The van der Waals surface area contributed by atoms with Gasteiger partial charge in [0, 0.05) is 5.56 Å². The molecule has 0 aromatic heterocycles. The van der Waals surface area contributed by atoms with Crippen LogP contribution in [0.1, 0.15) is 44.7 Å². The van der Waals surface area contributed by atoms with Crippen molar-refractivity contribution in [2.24, 2.45) is 17.6 Å². The fourth-order valence-electron chi connectivity index (χ4n) is 3.14. The lowest BCUT2D eigenvalue weighted by molar-refractivity contribution is -0.00559. The average molecular weight is 283 g/mol. The molecule has 0 amide bonds. The molecule has 20 heavy (non-hydrogen) atoms. The second-order valence-corrected chi connectivity index (χ2v) is 6.15. The molecule has 0 aliphatic heterocycles. The lowest BCUT2D eigenvalue weighted by Gasteiger charge is -2.32. The largest absolute Gasteiger partial charge is 0.376 e. The quantitative estimate of drug-likeness (QED) is 0.912. The normalized spacial score (nSPS) is 28.4. The van der Waals surface area contributed by atoms with E-state index in [0.717, 1.165) is 31.0 Å². The summed E-state index contributed by atoms with van der Waals surface area (Å²) < 4.78 is 32.6. The Bertz CT molecular complexity index is 442. The lowest BCUT2D eigenvalue weighted by Crippen LogP contribution is -2.29. The van der Waals surface area contributed by atoms with Crippen LogP contribution in [0.3, 0.4) is 0 Å². The highest BCUT2D eigenvalue weighted by atomic mass is 19.1. The van der Waals surface area contributed by atoms with Gasteiger partial charge in [-0.15, -0.1) is 0 Å². The number of hydrogen-bond acceptors (Lipinski definition) is 2. The fraction of sp³-hybridized carbons (Fsp3) is 0.625. The highest BCUT2D eigenvalue weighted by molar-refractivity contribution is 5.22. The molecule has 1 fully saturated rings. The number of ether oxygens (including phenoxy) is 1. The Kier molecular flexibility index (Phi) is 5.11. The summed E-state index contributed by atoms with van der Waals surface area (Å²) in [5.74, 6) is 0.335. The van der Waals surface area contributed by atoms with E-state index in [9.17, 15) is 8.78 Å². The van der Waals surface area contributed by atoms with Gasteiger partial charge in [0.2, 0.25) is 0 Å². The minimum Gasteiger partial charge on any atom is -0.376 e. The summed E-state index contributed by atoms with van der Waals surface area (Å²) in [6, 6.07) is 2.72. The van der Waals surface area contributed by atoms with Crippen LogP contribution in [0.5, 0.6) is 0 Å². The molecule has 112 valence electrons. The van der Waals surface area contributed by atoms with E-state index in [4.69, 9.17) is 10.5 Å². The molecule has 0 heterocycles. The first-order chi connectivity index (χ1) is 9.45.